The van der Waals surface area contributed by atoms with E-state index in [-0.39, 0.29) is 17.9 Å². The summed E-state index contributed by atoms with van der Waals surface area (Å²) in [6, 6.07) is 15.9. The molecule has 0 spiro atoms. The summed E-state index contributed by atoms with van der Waals surface area (Å²) in [5, 5.41) is 7.94. The molecule has 204 valence electrons. The number of hydrazine groups is 1. The molecule has 1 aliphatic heterocycles. The van der Waals surface area contributed by atoms with Crippen molar-refractivity contribution in [1.29, 1.82) is 0 Å². The highest BCUT2D eigenvalue weighted by atomic mass is 16.5. The molecule has 1 unspecified atom stereocenters. The van der Waals surface area contributed by atoms with Crippen LogP contribution in [-0.4, -0.2) is 49.0 Å². The number of rotatable bonds is 14. The molecule has 2 aromatic rings. The molecule has 0 aromatic heterocycles. The van der Waals surface area contributed by atoms with Gasteiger partial charge in [0.25, 0.3) is 5.91 Å². The highest BCUT2D eigenvalue weighted by molar-refractivity contribution is 5.88. The summed E-state index contributed by atoms with van der Waals surface area (Å²) in [7, 11) is 4.01. The van der Waals surface area contributed by atoms with Gasteiger partial charge in [-0.2, -0.15) is 0 Å². The predicted octanol–water partition coefficient (Wildman–Crippen LogP) is 4.49. The monoisotopic (exact) mass is 519 g/mol. The summed E-state index contributed by atoms with van der Waals surface area (Å²) in [5.41, 5.74) is 7.32. The number of nitrogens with one attached hydrogen (secondary N) is 3. The van der Waals surface area contributed by atoms with Gasteiger partial charge in [0.05, 0.1) is 19.2 Å². The summed E-state index contributed by atoms with van der Waals surface area (Å²) in [4.78, 5) is 26.8. The Kier molecular flexibility index (Phi) is 11.4. The molecule has 1 aliphatic rings. The van der Waals surface area contributed by atoms with Gasteiger partial charge in [-0.15, -0.1) is 0 Å². The fourth-order valence-corrected chi connectivity index (χ4v) is 4.10. The summed E-state index contributed by atoms with van der Waals surface area (Å²) in [6.45, 7) is 6.44. The van der Waals surface area contributed by atoms with Gasteiger partial charge >= 0.3 is 0 Å². The van der Waals surface area contributed by atoms with Crippen LogP contribution < -0.4 is 16.1 Å². The van der Waals surface area contributed by atoms with E-state index in [0.717, 1.165) is 47.6 Å². The number of benzene rings is 2. The molecule has 2 aromatic carbocycles. The largest absolute Gasteiger partial charge is 0.479 e. The average molecular weight is 520 g/mol. The van der Waals surface area contributed by atoms with Gasteiger partial charge in [-0.1, -0.05) is 49.4 Å². The first kappa shape index (κ1) is 28.9. The smallest absolute Gasteiger partial charge is 0.260 e. The zero-order valence-electron chi connectivity index (χ0n) is 23.0. The van der Waals surface area contributed by atoms with Gasteiger partial charge in [-0.3, -0.25) is 14.6 Å². The minimum absolute atomic E-state index is 0.0664. The van der Waals surface area contributed by atoms with E-state index in [9.17, 15) is 9.59 Å². The lowest BCUT2D eigenvalue weighted by Gasteiger charge is -2.30. The minimum atomic E-state index is -0.124. The number of carbonyl (C=O) groups excluding carboxylic acids is 2. The Hall–Kier alpha value is -3.62. The predicted molar refractivity (Wildman–Crippen MR) is 152 cm³/mol. The first-order chi connectivity index (χ1) is 18.4. The van der Waals surface area contributed by atoms with Crippen LogP contribution in [0.15, 0.2) is 72.6 Å². The third-order valence-electron chi connectivity index (χ3n) is 6.05. The maximum atomic E-state index is 12.6. The van der Waals surface area contributed by atoms with Gasteiger partial charge in [0.2, 0.25) is 5.91 Å². The van der Waals surface area contributed by atoms with E-state index in [0.29, 0.717) is 26.1 Å². The van der Waals surface area contributed by atoms with Crippen molar-refractivity contribution >= 4 is 17.5 Å². The molecule has 0 aliphatic carbocycles. The van der Waals surface area contributed by atoms with E-state index in [1.54, 1.807) is 11.1 Å². The Morgan fingerprint density at radius 3 is 2.63 bits per heavy atom. The molecule has 0 fully saturated rings. The number of hydrogen-bond donors (Lipinski definition) is 3. The molecular weight excluding hydrogens is 478 g/mol. The van der Waals surface area contributed by atoms with Gasteiger partial charge in [-0.25, -0.2) is 5.43 Å². The molecule has 3 N–H and O–H groups in total. The van der Waals surface area contributed by atoms with E-state index in [1.807, 2.05) is 81.7 Å². The molecule has 8 heteroatoms. The van der Waals surface area contributed by atoms with Crippen molar-refractivity contribution in [2.75, 3.05) is 32.6 Å². The number of carbonyl (C=O) groups is 2. The van der Waals surface area contributed by atoms with Crippen LogP contribution in [0.4, 0.5) is 5.69 Å². The van der Waals surface area contributed by atoms with E-state index in [4.69, 9.17) is 4.74 Å². The number of amides is 2. The molecule has 0 saturated heterocycles. The number of ether oxygens (including phenoxy) is 1. The van der Waals surface area contributed by atoms with Crippen LogP contribution in [0.1, 0.15) is 55.8 Å². The SMILES string of the molecule is CC/C=C(\Nc1cccc(CN2NC(c3ccc(CNC(=O)CCCN(C)C)cc3)C=CC2=O)c1)OCC. The Morgan fingerprint density at radius 1 is 1.13 bits per heavy atom. The number of nitrogens with zero attached hydrogens (tertiary/aromatic N) is 2. The second-order valence-corrected chi connectivity index (χ2v) is 9.55. The zero-order chi connectivity index (χ0) is 27.3. The molecule has 3 rings (SSSR count). The van der Waals surface area contributed by atoms with Gasteiger partial charge in [0, 0.05) is 24.7 Å². The van der Waals surface area contributed by atoms with Crippen molar-refractivity contribution in [3.05, 3.63) is 89.3 Å². The van der Waals surface area contributed by atoms with Crippen molar-refractivity contribution in [1.82, 2.24) is 20.7 Å². The fourth-order valence-electron chi connectivity index (χ4n) is 4.10. The highest BCUT2D eigenvalue weighted by Crippen LogP contribution is 2.21. The molecule has 2 amide bonds. The number of anilines is 1. The molecule has 1 heterocycles. The molecule has 8 nitrogen and oxygen atoms in total. The Bertz CT molecular complexity index is 1110. The standard InChI is InChI=1S/C30H41N5O3/c1-5-9-29(38-6-2)32-26-11-7-10-24(20-26)22-35-30(37)18-17-27(33-35)25-15-13-23(14-16-25)21-31-28(36)12-8-19-34(3)4/h7,9-11,13-18,20,27,32-33H,5-6,8,12,19,21-22H2,1-4H3,(H,31,36)/b29-9+. The van der Waals surface area contributed by atoms with Crippen molar-refractivity contribution < 1.29 is 14.3 Å². The lowest BCUT2D eigenvalue weighted by Crippen LogP contribution is -2.45. The van der Waals surface area contributed by atoms with Crippen molar-refractivity contribution in [2.45, 2.75) is 52.2 Å². The number of allylic oxidation sites excluding steroid dienone is 1. The molecule has 0 saturated carbocycles. The second-order valence-electron chi connectivity index (χ2n) is 9.55. The van der Waals surface area contributed by atoms with E-state index < -0.39 is 0 Å². The quantitative estimate of drug-likeness (QED) is 0.319. The highest BCUT2D eigenvalue weighted by Gasteiger charge is 2.21. The van der Waals surface area contributed by atoms with Crippen LogP contribution in [0.5, 0.6) is 0 Å². The summed E-state index contributed by atoms with van der Waals surface area (Å²) in [5.74, 6) is 0.709. The van der Waals surface area contributed by atoms with Crippen LogP contribution in [0.3, 0.4) is 0 Å². The van der Waals surface area contributed by atoms with E-state index in [2.05, 4.69) is 27.9 Å². The first-order valence-corrected chi connectivity index (χ1v) is 13.3. The molecular formula is C30H41N5O3. The fraction of sp³-hybridized carbons (Fsp3) is 0.400. The van der Waals surface area contributed by atoms with Gasteiger partial charge in [-0.05, 0) is 75.3 Å². The van der Waals surface area contributed by atoms with Gasteiger partial charge < -0.3 is 20.3 Å². The maximum Gasteiger partial charge on any atom is 0.260 e. The Balaban J connectivity index is 1.56. The average Bonchev–Trinajstić information content (AvgIpc) is 2.89. The van der Waals surface area contributed by atoms with E-state index in [1.165, 1.54) is 0 Å². The van der Waals surface area contributed by atoms with Crippen LogP contribution in [-0.2, 0) is 27.4 Å². The zero-order valence-corrected chi connectivity index (χ0v) is 23.0. The summed E-state index contributed by atoms with van der Waals surface area (Å²) < 4.78 is 5.66. The Labute approximate surface area is 226 Å². The molecule has 0 radical (unpaired) electrons. The third-order valence-corrected chi connectivity index (χ3v) is 6.05. The lowest BCUT2D eigenvalue weighted by molar-refractivity contribution is -0.131. The third kappa shape index (κ3) is 9.36. The Morgan fingerprint density at radius 2 is 1.92 bits per heavy atom. The molecule has 38 heavy (non-hydrogen) atoms. The van der Waals surface area contributed by atoms with Crippen LogP contribution in [0.2, 0.25) is 0 Å². The van der Waals surface area contributed by atoms with Crippen LogP contribution in [0.25, 0.3) is 0 Å². The number of hydrogen-bond acceptors (Lipinski definition) is 6. The van der Waals surface area contributed by atoms with Gasteiger partial charge in [0.1, 0.15) is 0 Å². The van der Waals surface area contributed by atoms with Crippen molar-refractivity contribution in [3.63, 3.8) is 0 Å². The normalized spacial score (nSPS) is 15.6. The first-order valence-electron chi connectivity index (χ1n) is 13.3. The maximum absolute atomic E-state index is 12.6. The van der Waals surface area contributed by atoms with Crippen LogP contribution >= 0.6 is 0 Å². The summed E-state index contributed by atoms with van der Waals surface area (Å²) in [6.07, 6.45) is 7.74. The van der Waals surface area contributed by atoms with Crippen molar-refractivity contribution in [3.8, 4) is 0 Å². The van der Waals surface area contributed by atoms with Crippen LogP contribution in [0, 0.1) is 0 Å². The van der Waals surface area contributed by atoms with E-state index >= 15 is 0 Å². The molecule has 1 atom stereocenters. The minimum Gasteiger partial charge on any atom is -0.479 e. The second kappa shape index (κ2) is 15.0. The van der Waals surface area contributed by atoms with Crippen molar-refractivity contribution in [2.24, 2.45) is 0 Å². The molecule has 0 bridgehead atoms. The lowest BCUT2D eigenvalue weighted by atomic mass is 10.0. The topological polar surface area (TPSA) is 85.9 Å². The van der Waals surface area contributed by atoms with Gasteiger partial charge in [0.15, 0.2) is 5.88 Å². The summed E-state index contributed by atoms with van der Waals surface area (Å²) >= 11 is 0.